The molecule has 2 heterocycles. The Bertz CT molecular complexity index is 1910. The number of anilines is 4. The van der Waals surface area contributed by atoms with Crippen LogP contribution in [0.5, 0.6) is 11.5 Å². The van der Waals surface area contributed by atoms with Gasteiger partial charge in [0.25, 0.3) is 0 Å². The Morgan fingerprint density at radius 3 is 1.17 bits per heavy atom. The molecule has 12 heteroatoms. The second kappa shape index (κ2) is 17.6. The molecular weight excluding hydrogens is 653 g/mol. The maximum absolute atomic E-state index is 5.24. The fourth-order valence-corrected chi connectivity index (χ4v) is 5.67. The van der Waals surface area contributed by atoms with Crippen molar-refractivity contribution in [1.82, 2.24) is 9.13 Å². The van der Waals surface area contributed by atoms with Crippen molar-refractivity contribution in [3.8, 4) is 11.5 Å². The van der Waals surface area contributed by atoms with E-state index >= 15 is 0 Å². The van der Waals surface area contributed by atoms with Gasteiger partial charge in [-0.3, -0.25) is 0 Å². The molecule has 6 rings (SSSR count). The third-order valence-corrected chi connectivity index (χ3v) is 8.64. The second-order valence-electron chi connectivity index (χ2n) is 12.4. The van der Waals surface area contributed by atoms with Gasteiger partial charge >= 0.3 is 11.9 Å². The van der Waals surface area contributed by atoms with E-state index in [4.69, 9.17) is 9.47 Å². The summed E-state index contributed by atoms with van der Waals surface area (Å²) in [5.41, 5.74) is 5.52. The third-order valence-electron chi connectivity index (χ3n) is 8.64. The van der Waals surface area contributed by atoms with Crippen LogP contribution < -0.4 is 29.2 Å². The molecule has 0 atom stereocenters. The lowest BCUT2D eigenvalue weighted by Crippen LogP contribution is -2.25. The van der Waals surface area contributed by atoms with Crippen LogP contribution in [0.1, 0.15) is 25.7 Å². The van der Waals surface area contributed by atoms with Crippen LogP contribution in [0.2, 0.25) is 0 Å². The van der Waals surface area contributed by atoms with Crippen LogP contribution in [0.4, 0.5) is 46.0 Å². The SMILES string of the molecule is COc1ccc(Nc2ccc(N=Nc3n(CCCCCCn4cc[n+](C)c4N=Nc4ccc(Nc5ccc(OC)cc5)cc4)cc[n+]3C)cc2)cc1. The van der Waals surface area contributed by atoms with Gasteiger partial charge in [-0.05, 0) is 110 Å². The minimum Gasteiger partial charge on any atom is -0.497 e. The summed E-state index contributed by atoms with van der Waals surface area (Å²) in [5.74, 6) is 3.29. The predicted molar refractivity (Wildman–Crippen MR) is 203 cm³/mol. The summed E-state index contributed by atoms with van der Waals surface area (Å²) in [6, 6.07) is 31.5. The molecule has 0 fully saturated rings. The van der Waals surface area contributed by atoms with Gasteiger partial charge in [-0.2, -0.15) is 0 Å². The normalized spacial score (nSPS) is 11.4. The Morgan fingerprint density at radius 2 is 0.827 bits per heavy atom. The van der Waals surface area contributed by atoms with Crippen LogP contribution in [-0.2, 0) is 27.2 Å². The van der Waals surface area contributed by atoms with E-state index in [2.05, 4.69) is 52.6 Å². The number of aryl methyl sites for hydroxylation is 4. The molecule has 0 spiro atoms. The number of imidazole rings is 2. The van der Waals surface area contributed by atoms with Crippen molar-refractivity contribution < 1.29 is 18.6 Å². The summed E-state index contributed by atoms with van der Waals surface area (Å²) in [7, 11) is 7.32. The molecule has 0 bridgehead atoms. The average molecular weight is 699 g/mol. The van der Waals surface area contributed by atoms with Gasteiger partial charge in [-0.25, -0.2) is 18.3 Å². The molecule has 0 aliphatic rings. The molecular formula is C40H46N10O2+2. The molecule has 12 nitrogen and oxygen atoms in total. The van der Waals surface area contributed by atoms with Crippen molar-refractivity contribution in [2.45, 2.75) is 38.8 Å². The quantitative estimate of drug-likeness (QED) is 0.0562. The fourth-order valence-electron chi connectivity index (χ4n) is 5.67. The van der Waals surface area contributed by atoms with Crippen molar-refractivity contribution in [3.63, 3.8) is 0 Å². The van der Waals surface area contributed by atoms with Crippen LogP contribution >= 0.6 is 0 Å². The van der Waals surface area contributed by atoms with Gasteiger partial charge in [0, 0.05) is 33.0 Å². The second-order valence-corrected chi connectivity index (χ2v) is 12.4. The first-order valence-corrected chi connectivity index (χ1v) is 17.4. The third kappa shape index (κ3) is 9.69. The number of hydrogen-bond acceptors (Lipinski definition) is 8. The first kappa shape index (κ1) is 35.5. The van der Waals surface area contributed by atoms with E-state index in [-0.39, 0.29) is 0 Å². The van der Waals surface area contributed by atoms with E-state index in [0.29, 0.717) is 0 Å². The molecule has 266 valence electrons. The van der Waals surface area contributed by atoms with Crippen molar-refractivity contribution in [2.24, 2.45) is 34.6 Å². The number of methoxy groups -OCH3 is 2. The highest BCUT2D eigenvalue weighted by molar-refractivity contribution is 5.63. The lowest BCUT2D eigenvalue weighted by molar-refractivity contribution is -0.657. The van der Waals surface area contributed by atoms with E-state index in [0.717, 1.165) is 96.3 Å². The highest BCUT2D eigenvalue weighted by Crippen LogP contribution is 2.25. The van der Waals surface area contributed by atoms with Crippen LogP contribution in [0.15, 0.2) is 142 Å². The Hall–Kier alpha value is -6.30. The number of azo groups is 2. The monoisotopic (exact) mass is 698 g/mol. The van der Waals surface area contributed by atoms with Gasteiger partial charge in [0.2, 0.25) is 0 Å². The smallest absolute Gasteiger partial charge is 0.421 e. The lowest BCUT2D eigenvalue weighted by atomic mass is 10.2. The summed E-state index contributed by atoms with van der Waals surface area (Å²) < 4.78 is 18.8. The zero-order valence-corrected chi connectivity index (χ0v) is 30.2. The van der Waals surface area contributed by atoms with E-state index in [9.17, 15) is 0 Å². The number of hydrogen-bond donors (Lipinski definition) is 2. The number of nitrogens with one attached hydrogen (secondary N) is 2. The molecule has 0 aliphatic heterocycles. The van der Waals surface area contributed by atoms with Gasteiger partial charge in [-0.15, -0.1) is 0 Å². The Labute approximate surface area is 304 Å². The Balaban J connectivity index is 0.939. The number of unbranched alkanes of at least 4 members (excludes halogenated alkanes) is 3. The molecule has 4 aromatic carbocycles. The van der Waals surface area contributed by atoms with Crippen molar-refractivity contribution in [3.05, 3.63) is 122 Å². The highest BCUT2D eigenvalue weighted by Gasteiger charge is 2.16. The molecule has 2 N–H and O–H groups in total. The number of aromatic nitrogens is 4. The molecule has 0 saturated heterocycles. The van der Waals surface area contributed by atoms with Gasteiger partial charge < -0.3 is 20.1 Å². The molecule has 52 heavy (non-hydrogen) atoms. The minimum atomic E-state index is 0.793. The molecule has 0 saturated carbocycles. The number of benzene rings is 4. The summed E-state index contributed by atoms with van der Waals surface area (Å²) in [6.07, 6.45) is 12.5. The molecule has 0 amide bonds. The van der Waals surface area contributed by atoms with Gasteiger partial charge in [0.15, 0.2) is 0 Å². The summed E-state index contributed by atoms with van der Waals surface area (Å²) in [5, 5.41) is 25.0. The predicted octanol–water partition coefficient (Wildman–Crippen LogP) is 9.53. The standard InChI is InChI=1S/C40H44N10O2/c1-47-27-29-49(39(47)45-43-35-13-9-31(10-14-35)41-33-17-21-37(51-3)22-18-33)25-7-5-6-8-26-50-30-28-48(2)40(50)46-44-36-15-11-32(12-16-36)42-34-19-23-38(52-4)24-20-34/h9-24,27-30H,5-8,25-26H2,1-4H3/p+2. The lowest BCUT2D eigenvalue weighted by Gasteiger charge is -2.07. The molecule has 0 radical (unpaired) electrons. The van der Waals surface area contributed by atoms with Gasteiger partial charge in [0.05, 0.1) is 66.2 Å². The van der Waals surface area contributed by atoms with E-state index in [1.807, 2.05) is 133 Å². The van der Waals surface area contributed by atoms with Gasteiger partial charge in [-0.1, -0.05) is 23.1 Å². The average Bonchev–Trinajstić information content (AvgIpc) is 3.72. The van der Waals surface area contributed by atoms with E-state index in [1.165, 1.54) is 0 Å². The van der Waals surface area contributed by atoms with Crippen molar-refractivity contribution >= 4 is 46.0 Å². The Kier molecular flexibility index (Phi) is 12.0. The molecule has 0 aliphatic carbocycles. The number of ether oxygens (including phenoxy) is 2. The molecule has 0 unspecified atom stereocenters. The molecule has 2 aromatic heterocycles. The van der Waals surface area contributed by atoms with Crippen LogP contribution in [0.3, 0.4) is 0 Å². The van der Waals surface area contributed by atoms with Gasteiger partial charge in [0.1, 0.15) is 22.9 Å². The first-order valence-electron chi connectivity index (χ1n) is 17.4. The Morgan fingerprint density at radius 1 is 0.481 bits per heavy atom. The van der Waals surface area contributed by atoms with Crippen molar-refractivity contribution in [1.29, 1.82) is 0 Å². The summed E-state index contributed by atoms with van der Waals surface area (Å²) in [4.78, 5) is 0. The van der Waals surface area contributed by atoms with E-state index in [1.54, 1.807) is 14.2 Å². The first-order chi connectivity index (χ1) is 25.5. The van der Waals surface area contributed by atoms with E-state index < -0.39 is 0 Å². The number of nitrogens with zero attached hydrogens (tertiary/aromatic N) is 8. The topological polar surface area (TPSA) is 110 Å². The van der Waals surface area contributed by atoms with Crippen LogP contribution in [0.25, 0.3) is 0 Å². The number of rotatable bonds is 17. The van der Waals surface area contributed by atoms with Crippen LogP contribution in [-0.4, -0.2) is 23.4 Å². The molecule has 6 aromatic rings. The zero-order valence-electron chi connectivity index (χ0n) is 30.2. The maximum atomic E-state index is 5.24. The largest absolute Gasteiger partial charge is 0.497 e. The summed E-state index contributed by atoms with van der Waals surface area (Å²) in [6.45, 7) is 1.76. The van der Waals surface area contributed by atoms with Crippen LogP contribution in [0, 0.1) is 0 Å². The maximum Gasteiger partial charge on any atom is 0.421 e. The zero-order chi connectivity index (χ0) is 36.1. The highest BCUT2D eigenvalue weighted by atomic mass is 16.5. The van der Waals surface area contributed by atoms with Crippen molar-refractivity contribution in [2.75, 3.05) is 24.9 Å². The fraction of sp³-hybridized carbons (Fsp3) is 0.250. The minimum absolute atomic E-state index is 0.793. The summed E-state index contributed by atoms with van der Waals surface area (Å²) >= 11 is 0.